The molecule has 116 valence electrons. The van der Waals surface area contributed by atoms with E-state index in [9.17, 15) is 4.79 Å². The Morgan fingerprint density at radius 2 is 2.29 bits per heavy atom. The molecule has 0 aliphatic carbocycles. The van der Waals surface area contributed by atoms with Crippen molar-refractivity contribution in [2.75, 3.05) is 19.0 Å². The highest BCUT2D eigenvalue weighted by molar-refractivity contribution is 9.10. The van der Waals surface area contributed by atoms with E-state index in [4.69, 9.17) is 9.47 Å². The molecule has 0 aromatic heterocycles. The average Bonchev–Trinajstić information content (AvgIpc) is 2.46. The molecule has 2 rings (SSSR count). The fourth-order valence-electron chi connectivity index (χ4n) is 2.85. The summed E-state index contributed by atoms with van der Waals surface area (Å²) in [5, 5.41) is 3.39. The second-order valence-corrected chi connectivity index (χ2v) is 6.70. The van der Waals surface area contributed by atoms with E-state index < -0.39 is 5.54 Å². The van der Waals surface area contributed by atoms with Gasteiger partial charge in [-0.05, 0) is 31.5 Å². The minimum Gasteiger partial charge on any atom is -0.467 e. The Hall–Kier alpha value is -1.07. The third kappa shape index (κ3) is 3.58. The SMILES string of the molecule is CCC1(C)CC(Nc2cccc(Br)c2)(C(=O)OC)CCO1. The van der Waals surface area contributed by atoms with Gasteiger partial charge in [0.2, 0.25) is 0 Å². The molecule has 0 amide bonds. The van der Waals surface area contributed by atoms with Crippen molar-refractivity contribution in [2.24, 2.45) is 0 Å². The van der Waals surface area contributed by atoms with Gasteiger partial charge in [-0.15, -0.1) is 0 Å². The van der Waals surface area contributed by atoms with Crippen LogP contribution in [0, 0.1) is 0 Å². The maximum atomic E-state index is 12.4. The zero-order chi connectivity index (χ0) is 15.5. The van der Waals surface area contributed by atoms with Crippen LogP contribution in [0.4, 0.5) is 5.69 Å². The number of hydrogen-bond acceptors (Lipinski definition) is 4. The van der Waals surface area contributed by atoms with Crippen LogP contribution in [0.2, 0.25) is 0 Å². The summed E-state index contributed by atoms with van der Waals surface area (Å²) < 4.78 is 11.9. The van der Waals surface area contributed by atoms with Crippen LogP contribution in [-0.4, -0.2) is 30.8 Å². The largest absolute Gasteiger partial charge is 0.467 e. The van der Waals surface area contributed by atoms with Crippen molar-refractivity contribution < 1.29 is 14.3 Å². The summed E-state index contributed by atoms with van der Waals surface area (Å²) in [6.07, 6.45) is 2.05. The molecular weight excluding hydrogens is 334 g/mol. The molecule has 21 heavy (non-hydrogen) atoms. The highest BCUT2D eigenvalue weighted by Crippen LogP contribution is 2.38. The summed E-state index contributed by atoms with van der Waals surface area (Å²) >= 11 is 3.45. The predicted molar refractivity (Wildman–Crippen MR) is 86.4 cm³/mol. The van der Waals surface area contributed by atoms with Gasteiger partial charge in [0.25, 0.3) is 0 Å². The number of anilines is 1. The number of rotatable bonds is 4. The standard InChI is InChI=1S/C16H22BrNO3/c1-4-15(2)11-16(8-9-21-15,14(19)20-3)18-13-7-5-6-12(17)10-13/h5-7,10,18H,4,8-9,11H2,1-3H3. The first-order chi connectivity index (χ1) is 9.93. The highest BCUT2D eigenvalue weighted by atomic mass is 79.9. The van der Waals surface area contributed by atoms with Crippen molar-refractivity contribution in [1.82, 2.24) is 0 Å². The fourth-order valence-corrected chi connectivity index (χ4v) is 3.25. The minimum absolute atomic E-state index is 0.231. The van der Waals surface area contributed by atoms with Gasteiger partial charge in [-0.3, -0.25) is 0 Å². The van der Waals surface area contributed by atoms with Crippen molar-refractivity contribution in [2.45, 2.75) is 44.2 Å². The van der Waals surface area contributed by atoms with Gasteiger partial charge in [-0.1, -0.05) is 28.9 Å². The molecule has 1 aromatic carbocycles. The number of ether oxygens (including phenoxy) is 2. The molecule has 0 bridgehead atoms. The first kappa shape index (κ1) is 16.3. The third-order valence-corrected chi connectivity index (χ3v) is 4.68. The minimum atomic E-state index is -0.738. The molecule has 1 aliphatic rings. The number of halogens is 1. The van der Waals surface area contributed by atoms with Gasteiger partial charge in [0.15, 0.2) is 0 Å². The van der Waals surface area contributed by atoms with Crippen LogP contribution in [0.5, 0.6) is 0 Å². The Bertz CT molecular complexity index is 522. The van der Waals surface area contributed by atoms with Crippen LogP contribution in [0.1, 0.15) is 33.1 Å². The molecule has 1 heterocycles. The molecule has 2 unspecified atom stereocenters. The summed E-state index contributed by atoms with van der Waals surface area (Å²) in [6.45, 7) is 4.67. The maximum Gasteiger partial charge on any atom is 0.331 e. The highest BCUT2D eigenvalue weighted by Gasteiger charge is 2.48. The van der Waals surface area contributed by atoms with Crippen LogP contribution in [-0.2, 0) is 14.3 Å². The lowest BCUT2D eigenvalue weighted by molar-refractivity contribution is -0.158. The smallest absolute Gasteiger partial charge is 0.331 e. The van der Waals surface area contributed by atoms with E-state index >= 15 is 0 Å². The van der Waals surface area contributed by atoms with Gasteiger partial charge in [0.05, 0.1) is 19.3 Å². The monoisotopic (exact) mass is 355 g/mol. The molecule has 0 saturated carbocycles. The quantitative estimate of drug-likeness (QED) is 0.835. The van der Waals surface area contributed by atoms with Gasteiger partial charge in [-0.2, -0.15) is 0 Å². The molecule has 0 radical (unpaired) electrons. The van der Waals surface area contributed by atoms with E-state index in [0.717, 1.165) is 16.6 Å². The van der Waals surface area contributed by atoms with E-state index in [1.165, 1.54) is 7.11 Å². The van der Waals surface area contributed by atoms with Gasteiger partial charge >= 0.3 is 5.97 Å². The number of hydrogen-bond donors (Lipinski definition) is 1. The molecule has 1 N–H and O–H groups in total. The fraction of sp³-hybridized carbons (Fsp3) is 0.562. The summed E-state index contributed by atoms with van der Waals surface area (Å²) in [6, 6.07) is 7.81. The van der Waals surface area contributed by atoms with Gasteiger partial charge in [0, 0.05) is 23.0 Å². The molecule has 1 saturated heterocycles. The number of nitrogens with one attached hydrogen (secondary N) is 1. The molecule has 0 spiro atoms. The molecule has 2 atom stereocenters. The Morgan fingerprint density at radius 1 is 1.52 bits per heavy atom. The maximum absolute atomic E-state index is 12.4. The van der Waals surface area contributed by atoms with Crippen LogP contribution >= 0.6 is 15.9 Å². The van der Waals surface area contributed by atoms with Gasteiger partial charge in [-0.25, -0.2) is 4.79 Å². The normalized spacial score (nSPS) is 29.0. The number of methoxy groups -OCH3 is 1. The van der Waals surface area contributed by atoms with E-state index in [-0.39, 0.29) is 11.6 Å². The molecule has 1 aromatic rings. The molecule has 4 nitrogen and oxygen atoms in total. The molecule has 1 aliphatic heterocycles. The summed E-state index contributed by atoms with van der Waals surface area (Å²) in [5.41, 5.74) is -0.153. The van der Waals surface area contributed by atoms with E-state index in [1.807, 2.05) is 31.2 Å². The predicted octanol–water partition coefficient (Wildman–Crippen LogP) is 3.75. The summed E-state index contributed by atoms with van der Waals surface area (Å²) in [7, 11) is 1.44. The Kier molecular flexibility index (Phi) is 4.94. The lowest BCUT2D eigenvalue weighted by atomic mass is 9.79. The average molecular weight is 356 g/mol. The topological polar surface area (TPSA) is 47.6 Å². The van der Waals surface area contributed by atoms with Crippen LogP contribution in [0.15, 0.2) is 28.7 Å². The molecular formula is C16H22BrNO3. The van der Waals surface area contributed by atoms with E-state index in [2.05, 4.69) is 28.2 Å². The van der Waals surface area contributed by atoms with Gasteiger partial charge in [0.1, 0.15) is 5.54 Å². The van der Waals surface area contributed by atoms with Gasteiger partial charge < -0.3 is 14.8 Å². The third-order valence-electron chi connectivity index (χ3n) is 4.19. The van der Waals surface area contributed by atoms with E-state index in [1.54, 1.807) is 0 Å². The van der Waals surface area contributed by atoms with Crippen molar-refractivity contribution in [1.29, 1.82) is 0 Å². The first-order valence-corrected chi connectivity index (χ1v) is 7.98. The van der Waals surface area contributed by atoms with Crippen molar-refractivity contribution >= 4 is 27.6 Å². The Morgan fingerprint density at radius 3 is 2.90 bits per heavy atom. The van der Waals surface area contributed by atoms with Crippen LogP contribution in [0.25, 0.3) is 0 Å². The van der Waals surface area contributed by atoms with Crippen molar-refractivity contribution in [3.8, 4) is 0 Å². The molecule has 5 heteroatoms. The zero-order valence-electron chi connectivity index (χ0n) is 12.7. The van der Waals surface area contributed by atoms with Crippen LogP contribution in [0.3, 0.4) is 0 Å². The zero-order valence-corrected chi connectivity index (χ0v) is 14.3. The second kappa shape index (κ2) is 6.36. The number of benzene rings is 1. The van der Waals surface area contributed by atoms with Crippen LogP contribution < -0.4 is 5.32 Å². The lowest BCUT2D eigenvalue weighted by Gasteiger charge is -2.45. The molecule has 1 fully saturated rings. The number of carbonyl (C=O) groups excluding carboxylic acids is 1. The van der Waals surface area contributed by atoms with Crippen molar-refractivity contribution in [3.63, 3.8) is 0 Å². The summed E-state index contributed by atoms with van der Waals surface area (Å²) in [4.78, 5) is 12.4. The number of esters is 1. The Labute approximate surface area is 134 Å². The van der Waals surface area contributed by atoms with Crippen molar-refractivity contribution in [3.05, 3.63) is 28.7 Å². The van der Waals surface area contributed by atoms with E-state index in [0.29, 0.717) is 19.4 Å². The second-order valence-electron chi connectivity index (χ2n) is 5.79. The first-order valence-electron chi connectivity index (χ1n) is 7.19. The summed E-state index contributed by atoms with van der Waals surface area (Å²) in [5.74, 6) is -0.231. The Balaban J connectivity index is 2.31. The number of carbonyl (C=O) groups is 1. The lowest BCUT2D eigenvalue weighted by Crippen LogP contribution is -2.57.